The zero-order chi connectivity index (χ0) is 12.7. The summed E-state index contributed by atoms with van der Waals surface area (Å²) in [6.45, 7) is 0. The van der Waals surface area contributed by atoms with E-state index in [4.69, 9.17) is 10.2 Å². The van der Waals surface area contributed by atoms with Crippen molar-refractivity contribution in [2.75, 3.05) is 0 Å². The van der Waals surface area contributed by atoms with Crippen molar-refractivity contribution >= 4 is 23.9 Å². The Morgan fingerprint density at radius 3 is 2.24 bits per heavy atom. The van der Waals surface area contributed by atoms with E-state index in [1.807, 2.05) is 0 Å². The number of hydrogen-bond donors (Lipinski definition) is 2. The van der Waals surface area contributed by atoms with Gasteiger partial charge in [0, 0.05) is 0 Å². The number of carboxylic acids is 2. The molecule has 2 aliphatic rings. The van der Waals surface area contributed by atoms with Crippen LogP contribution in [0.2, 0.25) is 0 Å². The van der Waals surface area contributed by atoms with Crippen LogP contribution >= 0.6 is 0 Å². The highest BCUT2D eigenvalue weighted by atomic mass is 16.6. The number of fused-ring (bicyclic) bond motifs is 1. The topological polar surface area (TPSA) is 118 Å². The van der Waals surface area contributed by atoms with E-state index in [9.17, 15) is 19.2 Å². The van der Waals surface area contributed by atoms with Gasteiger partial charge in [-0.3, -0.25) is 19.2 Å². The molecule has 4 atom stereocenters. The number of hydrogen-bond acceptors (Lipinski definition) is 5. The highest BCUT2D eigenvalue weighted by molar-refractivity contribution is 5.99. The number of carbonyl (C=O) groups excluding carboxylic acids is 2. The molecule has 7 heteroatoms. The molecule has 0 aromatic carbocycles. The number of carbonyl (C=O) groups is 4. The molecule has 2 N–H and O–H groups in total. The van der Waals surface area contributed by atoms with Gasteiger partial charge in [0.25, 0.3) is 0 Å². The van der Waals surface area contributed by atoms with Crippen LogP contribution in [0, 0.1) is 23.7 Å². The summed E-state index contributed by atoms with van der Waals surface area (Å²) in [7, 11) is 0. The molecular formula is C10H10O7. The second kappa shape index (κ2) is 3.83. The van der Waals surface area contributed by atoms with E-state index in [0.29, 0.717) is 0 Å². The molecule has 1 saturated carbocycles. The van der Waals surface area contributed by atoms with Gasteiger partial charge in [0.1, 0.15) is 0 Å². The fourth-order valence-electron chi connectivity index (χ4n) is 2.64. The molecule has 4 unspecified atom stereocenters. The summed E-state index contributed by atoms with van der Waals surface area (Å²) >= 11 is 0. The number of cyclic esters (lactones) is 2. The largest absolute Gasteiger partial charge is 0.481 e. The third-order valence-electron chi connectivity index (χ3n) is 3.42. The van der Waals surface area contributed by atoms with Gasteiger partial charge in [-0.05, 0) is 12.8 Å². The van der Waals surface area contributed by atoms with Crippen LogP contribution in [0.1, 0.15) is 12.8 Å². The van der Waals surface area contributed by atoms with Crippen molar-refractivity contribution in [3.63, 3.8) is 0 Å². The predicted octanol–water partition coefficient (Wildman–Crippen LogP) is -0.502. The normalized spacial score (nSPS) is 36.2. The average molecular weight is 242 g/mol. The number of carboxylic acid groups (broad SMARTS) is 2. The maximum Gasteiger partial charge on any atom is 0.318 e. The standard InChI is InChI=1S/C10H10O7/c11-7(12)3-1-2-4-6(5(3)8(13)14)10(16)17-9(4)15/h3-6H,1-2H2,(H,11,12)(H,13,14). The fourth-order valence-corrected chi connectivity index (χ4v) is 2.64. The van der Waals surface area contributed by atoms with Crippen molar-refractivity contribution < 1.29 is 34.1 Å². The van der Waals surface area contributed by atoms with E-state index >= 15 is 0 Å². The highest BCUT2D eigenvalue weighted by Gasteiger charge is 2.57. The van der Waals surface area contributed by atoms with Gasteiger partial charge in [-0.2, -0.15) is 0 Å². The Morgan fingerprint density at radius 2 is 1.71 bits per heavy atom. The lowest BCUT2D eigenvalue weighted by Gasteiger charge is -2.31. The van der Waals surface area contributed by atoms with Crippen molar-refractivity contribution in [2.45, 2.75) is 12.8 Å². The van der Waals surface area contributed by atoms with E-state index in [1.54, 1.807) is 0 Å². The van der Waals surface area contributed by atoms with Gasteiger partial charge in [0.15, 0.2) is 0 Å². The van der Waals surface area contributed by atoms with Crippen LogP contribution in [0.4, 0.5) is 0 Å². The van der Waals surface area contributed by atoms with Crippen LogP contribution < -0.4 is 0 Å². The lowest BCUT2D eigenvalue weighted by atomic mass is 9.67. The molecular weight excluding hydrogens is 232 g/mol. The molecule has 0 aromatic rings. The summed E-state index contributed by atoms with van der Waals surface area (Å²) in [5.74, 6) is -8.79. The highest BCUT2D eigenvalue weighted by Crippen LogP contribution is 2.43. The van der Waals surface area contributed by atoms with E-state index in [0.717, 1.165) is 0 Å². The van der Waals surface area contributed by atoms with Gasteiger partial charge in [0.2, 0.25) is 0 Å². The first kappa shape index (κ1) is 11.6. The van der Waals surface area contributed by atoms with Crippen LogP contribution in [-0.4, -0.2) is 34.1 Å². The minimum absolute atomic E-state index is 0.0653. The molecule has 2 rings (SSSR count). The Hall–Kier alpha value is -1.92. The Bertz CT molecular complexity index is 413. The second-order valence-corrected chi connectivity index (χ2v) is 4.26. The summed E-state index contributed by atoms with van der Waals surface area (Å²) in [4.78, 5) is 44.7. The smallest absolute Gasteiger partial charge is 0.318 e. The van der Waals surface area contributed by atoms with Crippen molar-refractivity contribution in [3.8, 4) is 0 Å². The predicted molar refractivity (Wildman–Crippen MR) is 49.6 cm³/mol. The number of aliphatic carboxylic acids is 2. The summed E-state index contributed by atoms with van der Waals surface area (Å²) in [6.07, 6.45) is 0.242. The Kier molecular flexibility index (Phi) is 2.60. The summed E-state index contributed by atoms with van der Waals surface area (Å²) in [5.41, 5.74) is 0. The average Bonchev–Trinajstić information content (AvgIpc) is 2.53. The third kappa shape index (κ3) is 1.67. The molecule has 0 aromatic heterocycles. The summed E-state index contributed by atoms with van der Waals surface area (Å²) in [6, 6.07) is 0. The molecule has 0 spiro atoms. The van der Waals surface area contributed by atoms with Crippen molar-refractivity contribution in [1.82, 2.24) is 0 Å². The number of rotatable bonds is 2. The summed E-state index contributed by atoms with van der Waals surface area (Å²) < 4.78 is 4.38. The molecule has 1 aliphatic carbocycles. The first-order valence-electron chi connectivity index (χ1n) is 5.14. The van der Waals surface area contributed by atoms with E-state index in [1.165, 1.54) is 0 Å². The van der Waals surface area contributed by atoms with Crippen molar-refractivity contribution in [1.29, 1.82) is 0 Å². The molecule has 1 aliphatic heterocycles. The Labute approximate surface area is 95.4 Å². The molecule has 17 heavy (non-hydrogen) atoms. The van der Waals surface area contributed by atoms with Gasteiger partial charge in [0.05, 0.1) is 23.7 Å². The lowest BCUT2D eigenvalue weighted by Crippen LogP contribution is -2.44. The maximum absolute atomic E-state index is 11.4. The van der Waals surface area contributed by atoms with Crippen LogP contribution in [0.15, 0.2) is 0 Å². The van der Waals surface area contributed by atoms with Crippen molar-refractivity contribution in [2.24, 2.45) is 23.7 Å². The Balaban J connectivity index is 2.37. The van der Waals surface area contributed by atoms with Gasteiger partial charge in [-0.15, -0.1) is 0 Å². The van der Waals surface area contributed by atoms with Gasteiger partial charge < -0.3 is 14.9 Å². The van der Waals surface area contributed by atoms with Crippen LogP contribution in [0.5, 0.6) is 0 Å². The molecule has 92 valence electrons. The molecule has 2 fully saturated rings. The minimum Gasteiger partial charge on any atom is -0.481 e. The molecule has 0 amide bonds. The number of esters is 2. The van der Waals surface area contributed by atoms with E-state index in [2.05, 4.69) is 4.74 Å². The quantitative estimate of drug-likeness (QED) is 0.494. The zero-order valence-electron chi connectivity index (χ0n) is 8.66. The maximum atomic E-state index is 11.4. The summed E-state index contributed by atoms with van der Waals surface area (Å²) in [5, 5.41) is 18.0. The lowest BCUT2D eigenvalue weighted by molar-refractivity contribution is -0.163. The van der Waals surface area contributed by atoms with E-state index in [-0.39, 0.29) is 12.8 Å². The van der Waals surface area contributed by atoms with Crippen LogP contribution in [0.3, 0.4) is 0 Å². The van der Waals surface area contributed by atoms with Gasteiger partial charge in [-0.1, -0.05) is 0 Å². The third-order valence-corrected chi connectivity index (χ3v) is 3.42. The van der Waals surface area contributed by atoms with Crippen molar-refractivity contribution in [3.05, 3.63) is 0 Å². The van der Waals surface area contributed by atoms with E-state index < -0.39 is 47.5 Å². The Morgan fingerprint density at radius 1 is 1.06 bits per heavy atom. The van der Waals surface area contributed by atoms with Gasteiger partial charge >= 0.3 is 23.9 Å². The molecule has 1 saturated heterocycles. The molecule has 7 nitrogen and oxygen atoms in total. The number of ether oxygens (including phenoxy) is 1. The fraction of sp³-hybridized carbons (Fsp3) is 0.600. The first-order valence-corrected chi connectivity index (χ1v) is 5.14. The molecule has 0 radical (unpaired) electrons. The first-order chi connectivity index (χ1) is 7.93. The monoisotopic (exact) mass is 242 g/mol. The minimum atomic E-state index is -1.38. The van der Waals surface area contributed by atoms with Crippen LogP contribution in [-0.2, 0) is 23.9 Å². The molecule has 0 bridgehead atoms. The van der Waals surface area contributed by atoms with Crippen LogP contribution in [0.25, 0.3) is 0 Å². The molecule has 1 heterocycles. The zero-order valence-corrected chi connectivity index (χ0v) is 8.66. The second-order valence-electron chi connectivity index (χ2n) is 4.26. The SMILES string of the molecule is O=C(O)C1CCC2C(=O)OC(=O)C2C1C(=O)O. The van der Waals surface area contributed by atoms with Gasteiger partial charge in [-0.25, -0.2) is 0 Å².